The van der Waals surface area contributed by atoms with E-state index in [-0.39, 0.29) is 5.41 Å². The van der Waals surface area contributed by atoms with E-state index in [0.29, 0.717) is 17.8 Å². The number of carbonyl (C=O) groups excluding carboxylic acids is 1. The molecular formula is C20H32O2. The number of fused-ring (bicyclic) bond motifs is 5. The topological polar surface area (TPSA) is 37.3 Å². The van der Waals surface area contributed by atoms with Crippen molar-refractivity contribution in [2.45, 2.75) is 83.7 Å². The molecular weight excluding hydrogens is 272 g/mol. The van der Waals surface area contributed by atoms with Gasteiger partial charge in [-0.05, 0) is 80.5 Å². The van der Waals surface area contributed by atoms with E-state index in [4.69, 9.17) is 0 Å². The molecule has 0 aromatic heterocycles. The third-order valence-electron chi connectivity index (χ3n) is 8.99. The Hall–Kier alpha value is -0.370. The van der Waals surface area contributed by atoms with Crippen molar-refractivity contribution in [3.05, 3.63) is 0 Å². The maximum atomic E-state index is 11.6. The molecule has 0 aromatic rings. The first-order valence-corrected chi connectivity index (χ1v) is 9.63. The highest BCUT2D eigenvalue weighted by Crippen LogP contribution is 2.67. The molecule has 7 atom stereocenters. The van der Waals surface area contributed by atoms with Crippen LogP contribution in [0.1, 0.15) is 78.1 Å². The van der Waals surface area contributed by atoms with E-state index in [2.05, 4.69) is 13.8 Å². The quantitative estimate of drug-likeness (QED) is 0.731. The summed E-state index contributed by atoms with van der Waals surface area (Å²) in [5.41, 5.74) is -0.662. The molecule has 124 valence electrons. The largest absolute Gasteiger partial charge is 0.382 e. The molecule has 2 nitrogen and oxygen atoms in total. The van der Waals surface area contributed by atoms with Crippen molar-refractivity contribution in [3.63, 3.8) is 0 Å². The summed E-state index contributed by atoms with van der Waals surface area (Å²) in [6, 6.07) is 0. The molecule has 22 heavy (non-hydrogen) atoms. The molecule has 2 heteroatoms. The lowest BCUT2D eigenvalue weighted by molar-refractivity contribution is -0.159. The molecule has 0 radical (unpaired) electrons. The minimum atomic E-state index is -1.05. The Morgan fingerprint density at radius 3 is 2.45 bits per heavy atom. The molecule has 0 amide bonds. The maximum absolute atomic E-state index is 11.6. The smallest absolute Gasteiger partial charge is 0.152 e. The standard InChI is InChI=1S/C20H32O2/c1-18-10-4-3-5-14(18)6-7-15-16(18)8-11-19(2)17(15)9-12-20(19,22)13-21/h13-17,22H,3-12H2,1-2H3/t14?,15-,16-,17+,18+,19+,20?/m1/s1. The molecule has 0 aliphatic heterocycles. The van der Waals surface area contributed by atoms with Gasteiger partial charge in [0.2, 0.25) is 0 Å². The molecule has 0 aromatic carbocycles. The lowest BCUT2D eigenvalue weighted by Crippen LogP contribution is -2.56. The summed E-state index contributed by atoms with van der Waals surface area (Å²) in [4.78, 5) is 11.6. The SMILES string of the molecule is C[C@]12CCCCC1CC[C@@H]1[C@H]2CC[C@@]2(C)[C@H]1CCC2(O)C=O. The second kappa shape index (κ2) is 4.82. The molecule has 4 saturated carbocycles. The van der Waals surface area contributed by atoms with Crippen LogP contribution in [0.15, 0.2) is 0 Å². The van der Waals surface area contributed by atoms with Gasteiger partial charge in [-0.15, -0.1) is 0 Å². The summed E-state index contributed by atoms with van der Waals surface area (Å²) in [5, 5.41) is 10.9. The predicted octanol–water partition coefficient (Wildman–Crippen LogP) is 4.35. The number of carbonyl (C=O) groups is 1. The summed E-state index contributed by atoms with van der Waals surface area (Å²) in [6.45, 7) is 4.79. The van der Waals surface area contributed by atoms with E-state index in [1.165, 1.54) is 44.9 Å². The van der Waals surface area contributed by atoms with Gasteiger partial charge in [-0.25, -0.2) is 0 Å². The van der Waals surface area contributed by atoms with Crippen molar-refractivity contribution in [3.8, 4) is 0 Å². The van der Waals surface area contributed by atoms with Crippen molar-refractivity contribution in [1.82, 2.24) is 0 Å². The van der Waals surface area contributed by atoms with Gasteiger partial charge in [0, 0.05) is 5.41 Å². The number of aldehydes is 1. The van der Waals surface area contributed by atoms with Gasteiger partial charge in [-0.1, -0.05) is 26.7 Å². The van der Waals surface area contributed by atoms with Gasteiger partial charge >= 0.3 is 0 Å². The Morgan fingerprint density at radius 1 is 0.909 bits per heavy atom. The normalized spacial score (nSPS) is 57.6. The van der Waals surface area contributed by atoms with Gasteiger partial charge in [0.15, 0.2) is 6.29 Å². The predicted molar refractivity (Wildman–Crippen MR) is 87.4 cm³/mol. The average Bonchev–Trinajstić information content (AvgIpc) is 2.79. The van der Waals surface area contributed by atoms with E-state index in [1.54, 1.807) is 0 Å². The highest BCUT2D eigenvalue weighted by atomic mass is 16.3. The fourth-order valence-electron chi connectivity index (χ4n) is 7.54. The highest BCUT2D eigenvalue weighted by molar-refractivity contribution is 5.65. The fraction of sp³-hybridized carbons (Fsp3) is 0.950. The molecule has 0 spiro atoms. The minimum Gasteiger partial charge on any atom is -0.382 e. The highest BCUT2D eigenvalue weighted by Gasteiger charge is 2.64. The summed E-state index contributed by atoms with van der Waals surface area (Å²) in [6.07, 6.45) is 13.4. The number of hydrogen-bond donors (Lipinski definition) is 1. The van der Waals surface area contributed by atoms with E-state index in [1.807, 2.05) is 0 Å². The maximum Gasteiger partial charge on any atom is 0.152 e. The fourth-order valence-corrected chi connectivity index (χ4v) is 7.54. The summed E-state index contributed by atoms with van der Waals surface area (Å²) in [5.74, 6) is 3.12. The Bertz CT molecular complexity index is 474. The molecule has 4 rings (SSSR count). The van der Waals surface area contributed by atoms with Gasteiger partial charge in [0.05, 0.1) is 0 Å². The Morgan fingerprint density at radius 2 is 1.68 bits per heavy atom. The van der Waals surface area contributed by atoms with Gasteiger partial charge in [-0.2, -0.15) is 0 Å². The van der Waals surface area contributed by atoms with Gasteiger partial charge in [0.1, 0.15) is 5.60 Å². The van der Waals surface area contributed by atoms with Crippen LogP contribution in [0.3, 0.4) is 0 Å². The van der Waals surface area contributed by atoms with E-state index >= 15 is 0 Å². The zero-order valence-corrected chi connectivity index (χ0v) is 14.3. The lowest BCUT2D eigenvalue weighted by atomic mass is 9.44. The molecule has 4 fully saturated rings. The summed E-state index contributed by atoms with van der Waals surface area (Å²) >= 11 is 0. The third-order valence-corrected chi connectivity index (χ3v) is 8.99. The van der Waals surface area contributed by atoms with Crippen molar-refractivity contribution in [2.75, 3.05) is 0 Å². The van der Waals surface area contributed by atoms with Crippen LogP contribution in [-0.4, -0.2) is 17.0 Å². The van der Waals surface area contributed by atoms with Gasteiger partial charge < -0.3 is 9.90 Å². The first-order valence-electron chi connectivity index (χ1n) is 9.63. The zero-order valence-electron chi connectivity index (χ0n) is 14.3. The Kier molecular flexibility index (Phi) is 3.32. The van der Waals surface area contributed by atoms with Crippen LogP contribution in [-0.2, 0) is 4.79 Å². The number of rotatable bonds is 1. The molecule has 0 heterocycles. The van der Waals surface area contributed by atoms with Crippen LogP contribution in [0.4, 0.5) is 0 Å². The number of aliphatic hydroxyl groups is 1. The molecule has 0 saturated heterocycles. The molecule has 4 aliphatic carbocycles. The lowest BCUT2D eigenvalue weighted by Gasteiger charge is -2.60. The third kappa shape index (κ3) is 1.74. The van der Waals surface area contributed by atoms with E-state index in [9.17, 15) is 9.90 Å². The summed E-state index contributed by atoms with van der Waals surface area (Å²) < 4.78 is 0. The first-order chi connectivity index (χ1) is 10.4. The molecule has 2 unspecified atom stereocenters. The van der Waals surface area contributed by atoms with E-state index in [0.717, 1.165) is 36.9 Å². The Balaban J connectivity index is 1.66. The second-order valence-corrected chi connectivity index (χ2v) is 9.44. The number of hydrogen-bond acceptors (Lipinski definition) is 2. The van der Waals surface area contributed by atoms with Crippen molar-refractivity contribution in [2.24, 2.45) is 34.5 Å². The average molecular weight is 304 g/mol. The molecule has 0 bridgehead atoms. The second-order valence-electron chi connectivity index (χ2n) is 9.44. The van der Waals surface area contributed by atoms with Crippen LogP contribution < -0.4 is 0 Å². The summed E-state index contributed by atoms with van der Waals surface area (Å²) in [7, 11) is 0. The van der Waals surface area contributed by atoms with Crippen LogP contribution in [0, 0.1) is 34.5 Å². The van der Waals surface area contributed by atoms with Gasteiger partial charge in [0.25, 0.3) is 0 Å². The molecule has 4 aliphatic rings. The first kappa shape index (κ1) is 15.2. The molecule has 1 N–H and O–H groups in total. The van der Waals surface area contributed by atoms with Gasteiger partial charge in [-0.3, -0.25) is 0 Å². The van der Waals surface area contributed by atoms with Crippen LogP contribution in [0.5, 0.6) is 0 Å². The van der Waals surface area contributed by atoms with Crippen LogP contribution >= 0.6 is 0 Å². The van der Waals surface area contributed by atoms with Crippen molar-refractivity contribution in [1.29, 1.82) is 0 Å². The van der Waals surface area contributed by atoms with Crippen molar-refractivity contribution >= 4 is 6.29 Å². The van der Waals surface area contributed by atoms with E-state index < -0.39 is 5.60 Å². The van der Waals surface area contributed by atoms with Crippen LogP contribution in [0.2, 0.25) is 0 Å². The minimum absolute atomic E-state index is 0.159. The van der Waals surface area contributed by atoms with Crippen molar-refractivity contribution < 1.29 is 9.90 Å². The zero-order chi connectivity index (χ0) is 15.6. The monoisotopic (exact) mass is 304 g/mol. The van der Waals surface area contributed by atoms with Crippen LogP contribution in [0.25, 0.3) is 0 Å². The Labute approximate surface area is 135 Å².